The van der Waals surface area contributed by atoms with Crippen LogP contribution in [-0.4, -0.2) is 33.3 Å². The molecule has 4 nitrogen and oxygen atoms in total. The molecule has 1 saturated heterocycles. The van der Waals surface area contributed by atoms with Gasteiger partial charge >= 0.3 is 0 Å². The van der Waals surface area contributed by atoms with Crippen LogP contribution >= 0.6 is 0 Å². The maximum atomic E-state index is 13.6. The molecule has 3 aromatic carbocycles. The Labute approximate surface area is 231 Å². The van der Waals surface area contributed by atoms with E-state index in [2.05, 4.69) is 58.2 Å². The summed E-state index contributed by atoms with van der Waals surface area (Å²) in [7, 11) is 0. The van der Waals surface area contributed by atoms with E-state index in [0.29, 0.717) is 17.2 Å². The summed E-state index contributed by atoms with van der Waals surface area (Å²) >= 11 is 0. The molecule has 2 heterocycles. The van der Waals surface area contributed by atoms with Gasteiger partial charge in [-0.15, -0.1) is 12.3 Å². The fourth-order valence-corrected chi connectivity index (χ4v) is 5.67. The summed E-state index contributed by atoms with van der Waals surface area (Å²) < 4.78 is 16.1. The predicted octanol–water partition coefficient (Wildman–Crippen LogP) is 7.33. The van der Waals surface area contributed by atoms with Crippen LogP contribution in [0.3, 0.4) is 0 Å². The number of benzene rings is 3. The minimum absolute atomic E-state index is 0.307. The lowest BCUT2D eigenvalue weighted by Crippen LogP contribution is -2.33. The SMILES string of the molecule is C#CC.Cc1cc(CN2CCC(c3nc4ccccc4n3CC3CC3)CC2)ccc1C(=N)c1cccc(F)c1. The first-order valence-corrected chi connectivity index (χ1v) is 14.0. The van der Waals surface area contributed by atoms with Gasteiger partial charge in [-0.1, -0.05) is 42.5 Å². The number of hydrogen-bond donors (Lipinski definition) is 1. The molecular weight excluding hydrogens is 483 g/mol. The fraction of sp³-hybridized carbons (Fsp3) is 0.353. The van der Waals surface area contributed by atoms with Crippen LogP contribution in [0.5, 0.6) is 0 Å². The van der Waals surface area contributed by atoms with Crippen LogP contribution in [0.15, 0.2) is 66.7 Å². The van der Waals surface area contributed by atoms with Crippen molar-refractivity contribution < 1.29 is 4.39 Å². The smallest absolute Gasteiger partial charge is 0.123 e. The summed E-state index contributed by atoms with van der Waals surface area (Å²) in [5, 5.41) is 8.55. The first-order valence-electron chi connectivity index (χ1n) is 14.0. The first kappa shape index (κ1) is 26.8. The lowest BCUT2D eigenvalue weighted by Gasteiger charge is -2.32. The topological polar surface area (TPSA) is 44.9 Å². The van der Waals surface area contributed by atoms with Gasteiger partial charge in [-0.2, -0.15) is 0 Å². The van der Waals surface area contributed by atoms with E-state index < -0.39 is 0 Å². The van der Waals surface area contributed by atoms with Crippen molar-refractivity contribution in [1.82, 2.24) is 14.5 Å². The zero-order valence-corrected chi connectivity index (χ0v) is 23.0. The van der Waals surface area contributed by atoms with E-state index in [1.165, 1.54) is 41.9 Å². The fourth-order valence-electron chi connectivity index (χ4n) is 5.67. The molecule has 0 radical (unpaired) electrons. The van der Waals surface area contributed by atoms with E-state index in [4.69, 9.17) is 10.4 Å². The van der Waals surface area contributed by atoms with Gasteiger partial charge in [-0.25, -0.2) is 9.37 Å². The molecule has 4 aromatic rings. The van der Waals surface area contributed by atoms with Crippen molar-refractivity contribution in [3.05, 3.63) is 101 Å². The summed E-state index contributed by atoms with van der Waals surface area (Å²) in [6, 6.07) is 21.2. The lowest BCUT2D eigenvalue weighted by molar-refractivity contribution is 0.200. The molecule has 200 valence electrons. The molecule has 0 bridgehead atoms. The maximum Gasteiger partial charge on any atom is 0.123 e. The zero-order valence-electron chi connectivity index (χ0n) is 23.0. The van der Waals surface area contributed by atoms with Gasteiger partial charge in [-0.05, 0) is 93.9 Å². The number of nitrogens with zero attached hydrogens (tertiary/aromatic N) is 3. The molecule has 1 aromatic heterocycles. The van der Waals surface area contributed by atoms with Crippen LogP contribution in [0.2, 0.25) is 0 Å². The standard InChI is InChI=1S/C31H33FN4.C3H4/c1-21-17-23(11-12-27(21)30(33)25-5-4-6-26(32)18-25)19-35-15-13-24(14-16-35)31-34-28-7-2-3-8-29(28)36(31)20-22-9-10-22;1-3-2/h2-8,11-12,17-18,22,24,33H,9-10,13-16,19-20H2,1H3;1H,2H3. The number of aromatic nitrogens is 2. The second kappa shape index (κ2) is 12.0. The second-order valence-corrected chi connectivity index (χ2v) is 10.9. The van der Waals surface area contributed by atoms with E-state index >= 15 is 0 Å². The Morgan fingerprint density at radius 1 is 1.03 bits per heavy atom. The van der Waals surface area contributed by atoms with Gasteiger partial charge in [0.05, 0.1) is 16.7 Å². The average molecular weight is 521 g/mol. The van der Waals surface area contributed by atoms with E-state index in [1.807, 2.05) is 13.0 Å². The highest BCUT2D eigenvalue weighted by atomic mass is 19.1. The van der Waals surface area contributed by atoms with E-state index in [1.54, 1.807) is 19.1 Å². The van der Waals surface area contributed by atoms with Gasteiger partial charge < -0.3 is 4.57 Å². The molecule has 2 fully saturated rings. The molecule has 0 amide bonds. The zero-order chi connectivity index (χ0) is 27.4. The van der Waals surface area contributed by atoms with Crippen LogP contribution in [0.25, 0.3) is 11.0 Å². The average Bonchev–Trinajstić information content (AvgIpc) is 3.69. The van der Waals surface area contributed by atoms with Gasteiger partial charge in [-0.3, -0.25) is 10.3 Å². The number of fused-ring (bicyclic) bond motifs is 1. The van der Waals surface area contributed by atoms with Gasteiger partial charge in [0.2, 0.25) is 0 Å². The van der Waals surface area contributed by atoms with Crippen LogP contribution in [0.4, 0.5) is 4.39 Å². The van der Waals surface area contributed by atoms with Crippen LogP contribution in [0.1, 0.15) is 66.6 Å². The summed E-state index contributed by atoms with van der Waals surface area (Å²) in [6.07, 6.45) is 9.57. The highest BCUT2D eigenvalue weighted by Crippen LogP contribution is 2.36. The summed E-state index contributed by atoms with van der Waals surface area (Å²) in [5.41, 5.74) is 6.59. The number of para-hydroxylation sites is 2. The first-order chi connectivity index (χ1) is 19.0. The molecule has 0 atom stereocenters. The quantitative estimate of drug-likeness (QED) is 0.205. The summed E-state index contributed by atoms with van der Waals surface area (Å²) in [5.74, 6) is 4.58. The van der Waals surface area contributed by atoms with Crippen LogP contribution in [-0.2, 0) is 13.1 Å². The van der Waals surface area contributed by atoms with Gasteiger partial charge in [0, 0.05) is 30.1 Å². The van der Waals surface area contributed by atoms with Crippen molar-refractivity contribution in [2.75, 3.05) is 13.1 Å². The Morgan fingerprint density at radius 3 is 2.46 bits per heavy atom. The summed E-state index contributed by atoms with van der Waals surface area (Å²) in [6.45, 7) is 7.86. The van der Waals surface area contributed by atoms with Crippen LogP contribution in [0, 0.1) is 36.4 Å². The molecule has 1 saturated carbocycles. The van der Waals surface area contributed by atoms with Crippen molar-refractivity contribution >= 4 is 16.7 Å². The predicted molar refractivity (Wildman–Crippen MR) is 158 cm³/mol. The van der Waals surface area contributed by atoms with E-state index in [9.17, 15) is 4.39 Å². The van der Waals surface area contributed by atoms with Crippen molar-refractivity contribution in [3.8, 4) is 12.3 Å². The molecule has 6 rings (SSSR count). The van der Waals surface area contributed by atoms with E-state index in [-0.39, 0.29) is 5.82 Å². The molecular formula is C34H37FN4. The number of nitrogens with one attached hydrogen (secondary N) is 1. The minimum Gasteiger partial charge on any atom is -0.327 e. The molecule has 0 spiro atoms. The number of likely N-dealkylation sites (tertiary alicyclic amines) is 1. The van der Waals surface area contributed by atoms with Crippen molar-refractivity contribution in [2.24, 2.45) is 5.92 Å². The normalized spacial score (nSPS) is 15.9. The number of aryl methyl sites for hydroxylation is 1. The Hall–Kier alpha value is -3.75. The number of rotatable bonds is 7. The molecule has 2 aliphatic rings. The third-order valence-electron chi connectivity index (χ3n) is 7.85. The molecule has 39 heavy (non-hydrogen) atoms. The van der Waals surface area contributed by atoms with E-state index in [0.717, 1.165) is 61.6 Å². The Kier molecular flexibility index (Phi) is 8.24. The Bertz CT molecular complexity index is 1500. The largest absolute Gasteiger partial charge is 0.327 e. The third-order valence-corrected chi connectivity index (χ3v) is 7.85. The second-order valence-electron chi connectivity index (χ2n) is 10.9. The maximum absolute atomic E-state index is 13.6. The highest BCUT2D eigenvalue weighted by Gasteiger charge is 2.29. The molecule has 1 N–H and O–H groups in total. The monoisotopic (exact) mass is 520 g/mol. The van der Waals surface area contributed by atoms with Crippen molar-refractivity contribution in [1.29, 1.82) is 5.41 Å². The number of halogens is 1. The molecule has 0 unspecified atom stereocenters. The van der Waals surface area contributed by atoms with Gasteiger partial charge in [0.15, 0.2) is 0 Å². The number of imidazole rings is 1. The lowest BCUT2D eigenvalue weighted by atomic mass is 9.94. The number of hydrogen-bond acceptors (Lipinski definition) is 3. The molecule has 5 heteroatoms. The molecule has 1 aliphatic carbocycles. The van der Waals surface area contributed by atoms with Gasteiger partial charge in [0.25, 0.3) is 0 Å². The van der Waals surface area contributed by atoms with Crippen molar-refractivity contribution in [2.45, 2.75) is 58.5 Å². The number of terminal acetylenes is 1. The molecule has 1 aliphatic heterocycles. The van der Waals surface area contributed by atoms with Crippen molar-refractivity contribution in [3.63, 3.8) is 0 Å². The van der Waals surface area contributed by atoms with Crippen LogP contribution < -0.4 is 0 Å². The highest BCUT2D eigenvalue weighted by molar-refractivity contribution is 6.11. The number of piperidine rings is 1. The Morgan fingerprint density at radius 2 is 1.77 bits per heavy atom. The Balaban J connectivity index is 0.000000983. The summed E-state index contributed by atoms with van der Waals surface area (Å²) in [4.78, 5) is 7.63. The minimum atomic E-state index is -0.307. The van der Waals surface area contributed by atoms with Gasteiger partial charge in [0.1, 0.15) is 11.6 Å². The third kappa shape index (κ3) is 6.29.